The maximum absolute atomic E-state index is 15.4. The molecule has 7 heteroatoms. The van der Waals surface area contributed by atoms with E-state index < -0.39 is 17.2 Å². The van der Waals surface area contributed by atoms with Crippen molar-refractivity contribution in [1.82, 2.24) is 4.57 Å². The number of halogens is 1. The number of aromatic carboxylic acids is 1. The van der Waals surface area contributed by atoms with Crippen LogP contribution in [0, 0.1) is 18.2 Å². The summed E-state index contributed by atoms with van der Waals surface area (Å²) in [4.78, 5) is 26.4. The SMILES string of the molecule is CCC1(CC)C[C@H](N)CN(c2c(F)cc3c(=O)c(C(=O)O)cn(C4CC4)c3c2C)C1. The number of benzene rings is 1. The van der Waals surface area contributed by atoms with Gasteiger partial charge in [0.2, 0.25) is 5.43 Å². The number of fused-ring (bicyclic) bond motifs is 1. The molecule has 2 aromatic rings. The van der Waals surface area contributed by atoms with Crippen molar-refractivity contribution in [1.29, 1.82) is 0 Å². The summed E-state index contributed by atoms with van der Waals surface area (Å²) in [6.07, 6.45) is 6.13. The van der Waals surface area contributed by atoms with Gasteiger partial charge < -0.3 is 20.3 Å². The third-order valence-electron chi connectivity index (χ3n) is 7.14. The summed E-state index contributed by atoms with van der Waals surface area (Å²) in [5.74, 6) is -1.77. The molecule has 1 saturated heterocycles. The molecule has 0 radical (unpaired) electrons. The van der Waals surface area contributed by atoms with Crippen molar-refractivity contribution in [3.05, 3.63) is 39.4 Å². The van der Waals surface area contributed by atoms with E-state index in [1.54, 1.807) is 0 Å². The van der Waals surface area contributed by atoms with Crippen molar-refractivity contribution >= 4 is 22.6 Å². The highest BCUT2D eigenvalue weighted by Crippen LogP contribution is 2.43. The Balaban J connectivity index is 1.94. The summed E-state index contributed by atoms with van der Waals surface area (Å²) < 4.78 is 17.3. The summed E-state index contributed by atoms with van der Waals surface area (Å²) in [6, 6.07) is 1.33. The molecule has 2 aliphatic rings. The van der Waals surface area contributed by atoms with Gasteiger partial charge in [0, 0.05) is 36.8 Å². The first-order chi connectivity index (χ1) is 14.2. The number of carboxylic acid groups (broad SMARTS) is 1. The maximum Gasteiger partial charge on any atom is 0.341 e. The molecule has 6 nitrogen and oxygen atoms in total. The molecule has 0 spiro atoms. The molecule has 0 unspecified atom stereocenters. The third kappa shape index (κ3) is 3.29. The topological polar surface area (TPSA) is 88.6 Å². The van der Waals surface area contributed by atoms with E-state index in [0.29, 0.717) is 23.3 Å². The normalized spacial score (nSPS) is 21.2. The molecule has 4 rings (SSSR count). The first kappa shape index (κ1) is 20.8. The molecule has 2 fully saturated rings. The Hall–Kier alpha value is -2.41. The number of nitrogens with zero attached hydrogens (tertiary/aromatic N) is 2. The third-order valence-corrected chi connectivity index (χ3v) is 7.14. The molecule has 1 aromatic carbocycles. The van der Waals surface area contributed by atoms with E-state index in [0.717, 1.165) is 38.6 Å². The van der Waals surface area contributed by atoms with Crippen LogP contribution < -0.4 is 16.1 Å². The zero-order valence-corrected chi connectivity index (χ0v) is 17.9. The van der Waals surface area contributed by atoms with E-state index in [-0.39, 0.29) is 28.4 Å². The second kappa shape index (κ2) is 7.38. The van der Waals surface area contributed by atoms with Gasteiger partial charge in [-0.05, 0) is 56.1 Å². The molecule has 1 aliphatic carbocycles. The van der Waals surface area contributed by atoms with Crippen molar-refractivity contribution in [2.45, 2.75) is 65.0 Å². The molecule has 0 amide bonds. The lowest BCUT2D eigenvalue weighted by molar-refractivity contribution is 0.0695. The van der Waals surface area contributed by atoms with Crippen molar-refractivity contribution < 1.29 is 14.3 Å². The fourth-order valence-corrected chi connectivity index (χ4v) is 5.22. The molecule has 1 aliphatic heterocycles. The Kier molecular flexibility index (Phi) is 5.12. The zero-order chi connectivity index (χ0) is 21.8. The van der Waals surface area contributed by atoms with Gasteiger partial charge in [0.15, 0.2) is 0 Å². The lowest BCUT2D eigenvalue weighted by Crippen LogP contribution is -2.52. The predicted molar refractivity (Wildman–Crippen MR) is 116 cm³/mol. The lowest BCUT2D eigenvalue weighted by atomic mass is 9.74. The van der Waals surface area contributed by atoms with Crippen LogP contribution in [0.25, 0.3) is 10.9 Å². The number of pyridine rings is 1. The average Bonchev–Trinajstić information content (AvgIpc) is 3.53. The number of hydrogen-bond donors (Lipinski definition) is 2. The largest absolute Gasteiger partial charge is 0.477 e. The Bertz CT molecular complexity index is 1070. The molecule has 1 saturated carbocycles. The molecular weight excluding hydrogens is 385 g/mol. The monoisotopic (exact) mass is 415 g/mol. The van der Waals surface area contributed by atoms with E-state index in [4.69, 9.17) is 5.73 Å². The fraction of sp³-hybridized carbons (Fsp3) is 0.565. The van der Waals surface area contributed by atoms with Gasteiger partial charge in [0.25, 0.3) is 0 Å². The van der Waals surface area contributed by atoms with E-state index in [1.807, 2.05) is 16.4 Å². The molecule has 2 heterocycles. The number of anilines is 1. The minimum absolute atomic E-state index is 0.0365. The van der Waals surface area contributed by atoms with Crippen molar-refractivity contribution in [2.75, 3.05) is 18.0 Å². The fourth-order valence-electron chi connectivity index (χ4n) is 5.22. The first-order valence-electron chi connectivity index (χ1n) is 10.8. The summed E-state index contributed by atoms with van der Waals surface area (Å²) in [7, 11) is 0. The highest BCUT2D eigenvalue weighted by Gasteiger charge is 2.38. The lowest BCUT2D eigenvalue weighted by Gasteiger charge is -2.46. The van der Waals surface area contributed by atoms with E-state index in [1.165, 1.54) is 12.3 Å². The van der Waals surface area contributed by atoms with Gasteiger partial charge in [0.1, 0.15) is 11.4 Å². The standard InChI is InChI=1S/C23H30FN3O3/c1-4-23(5-2)9-14(25)10-26(12-23)20-13(3)19-16(8-18(20)24)21(28)17(22(29)30)11-27(19)15-6-7-15/h8,11,14-15H,4-7,9-10,12,25H2,1-3H3,(H,29,30)/t14-/m0/s1. The van der Waals surface area contributed by atoms with Gasteiger partial charge in [-0.2, -0.15) is 0 Å². The van der Waals surface area contributed by atoms with Crippen LogP contribution in [-0.2, 0) is 0 Å². The molecule has 162 valence electrons. The van der Waals surface area contributed by atoms with Crippen molar-refractivity contribution in [2.24, 2.45) is 11.1 Å². The molecule has 3 N–H and O–H groups in total. The molecule has 0 bridgehead atoms. The van der Waals surface area contributed by atoms with E-state index in [9.17, 15) is 14.7 Å². The Labute approximate surface area is 175 Å². The van der Waals surface area contributed by atoms with Crippen LogP contribution in [-0.4, -0.2) is 34.8 Å². The van der Waals surface area contributed by atoms with Gasteiger partial charge >= 0.3 is 5.97 Å². The zero-order valence-electron chi connectivity index (χ0n) is 17.9. The van der Waals surface area contributed by atoms with Crippen LogP contribution in [0.1, 0.15) is 67.9 Å². The van der Waals surface area contributed by atoms with Gasteiger partial charge in [0.05, 0.1) is 11.2 Å². The average molecular weight is 416 g/mol. The van der Waals surface area contributed by atoms with Crippen LogP contribution in [0.4, 0.5) is 10.1 Å². The quantitative estimate of drug-likeness (QED) is 0.775. The second-order valence-corrected chi connectivity index (χ2v) is 9.10. The summed E-state index contributed by atoms with van der Waals surface area (Å²) in [5, 5.41) is 9.60. The number of carboxylic acids is 1. The number of aromatic nitrogens is 1. The minimum atomic E-state index is -1.28. The Morgan fingerprint density at radius 1 is 1.33 bits per heavy atom. The van der Waals surface area contributed by atoms with Gasteiger partial charge in [-0.1, -0.05) is 13.8 Å². The van der Waals surface area contributed by atoms with Crippen LogP contribution in [0.3, 0.4) is 0 Å². The summed E-state index contributed by atoms with van der Waals surface area (Å²) >= 11 is 0. The number of hydrogen-bond acceptors (Lipinski definition) is 4. The van der Waals surface area contributed by atoms with Crippen LogP contribution in [0.5, 0.6) is 0 Å². The second-order valence-electron chi connectivity index (χ2n) is 9.10. The molecule has 1 aromatic heterocycles. The number of piperidine rings is 1. The number of rotatable bonds is 5. The number of aryl methyl sites for hydroxylation is 1. The highest BCUT2D eigenvalue weighted by atomic mass is 19.1. The highest BCUT2D eigenvalue weighted by molar-refractivity contribution is 5.95. The Morgan fingerprint density at radius 2 is 2.00 bits per heavy atom. The Morgan fingerprint density at radius 3 is 2.57 bits per heavy atom. The van der Waals surface area contributed by atoms with Crippen LogP contribution >= 0.6 is 0 Å². The van der Waals surface area contributed by atoms with E-state index >= 15 is 4.39 Å². The smallest absolute Gasteiger partial charge is 0.341 e. The van der Waals surface area contributed by atoms with Crippen molar-refractivity contribution in [3.63, 3.8) is 0 Å². The number of carbonyl (C=O) groups is 1. The predicted octanol–water partition coefficient (Wildman–Crippen LogP) is 3.83. The van der Waals surface area contributed by atoms with E-state index in [2.05, 4.69) is 13.8 Å². The van der Waals surface area contributed by atoms with Gasteiger partial charge in [-0.3, -0.25) is 4.79 Å². The molecular formula is C23H30FN3O3. The summed E-state index contributed by atoms with van der Waals surface area (Å²) in [5.41, 5.74) is 7.29. The molecule has 30 heavy (non-hydrogen) atoms. The molecule has 1 atom stereocenters. The van der Waals surface area contributed by atoms with Crippen LogP contribution in [0.15, 0.2) is 17.1 Å². The number of nitrogens with two attached hydrogens (primary N) is 1. The van der Waals surface area contributed by atoms with Crippen LogP contribution in [0.2, 0.25) is 0 Å². The van der Waals surface area contributed by atoms with Crippen molar-refractivity contribution in [3.8, 4) is 0 Å². The first-order valence-corrected chi connectivity index (χ1v) is 10.8. The van der Waals surface area contributed by atoms with Gasteiger partial charge in [-0.15, -0.1) is 0 Å². The minimum Gasteiger partial charge on any atom is -0.477 e. The summed E-state index contributed by atoms with van der Waals surface area (Å²) in [6.45, 7) is 7.42. The van der Waals surface area contributed by atoms with Gasteiger partial charge in [-0.25, -0.2) is 9.18 Å². The maximum atomic E-state index is 15.4.